The van der Waals surface area contributed by atoms with Crippen molar-refractivity contribution in [3.05, 3.63) is 71.0 Å². The maximum atomic E-state index is 13.7. The fourth-order valence-corrected chi connectivity index (χ4v) is 2.44. The van der Waals surface area contributed by atoms with Gasteiger partial charge >= 0.3 is 0 Å². The van der Waals surface area contributed by atoms with E-state index in [1.165, 1.54) is 18.2 Å². The van der Waals surface area contributed by atoms with Crippen molar-refractivity contribution in [2.75, 3.05) is 0 Å². The van der Waals surface area contributed by atoms with E-state index in [1.54, 1.807) is 13.0 Å². The second-order valence-electron chi connectivity index (χ2n) is 5.29. The van der Waals surface area contributed by atoms with E-state index in [4.69, 9.17) is 0 Å². The lowest BCUT2D eigenvalue weighted by Gasteiger charge is -2.21. The van der Waals surface area contributed by atoms with Gasteiger partial charge in [0.2, 0.25) is 0 Å². The van der Waals surface area contributed by atoms with Gasteiger partial charge in [0.15, 0.2) is 0 Å². The van der Waals surface area contributed by atoms with Crippen molar-refractivity contribution in [3.8, 4) is 0 Å². The van der Waals surface area contributed by atoms with Gasteiger partial charge in [0, 0.05) is 17.6 Å². The van der Waals surface area contributed by atoms with Crippen molar-refractivity contribution in [2.45, 2.75) is 32.4 Å². The van der Waals surface area contributed by atoms with Gasteiger partial charge in [-0.25, -0.2) is 13.2 Å². The molecule has 112 valence electrons. The monoisotopic (exact) mass is 293 g/mol. The van der Waals surface area contributed by atoms with Crippen LogP contribution in [0.2, 0.25) is 0 Å². The lowest BCUT2D eigenvalue weighted by molar-refractivity contribution is 0.456. The van der Waals surface area contributed by atoms with Crippen LogP contribution in [0.4, 0.5) is 13.2 Å². The predicted octanol–water partition coefficient (Wildman–Crippen LogP) is 4.39. The summed E-state index contributed by atoms with van der Waals surface area (Å²) in [6.07, 6.45) is 0.610. The normalized spacial score (nSPS) is 14.0. The molecule has 0 aliphatic carbocycles. The van der Waals surface area contributed by atoms with Crippen LogP contribution in [0, 0.1) is 17.5 Å². The number of nitrogens with one attached hydrogen (secondary N) is 1. The first-order chi connectivity index (χ1) is 9.95. The van der Waals surface area contributed by atoms with Crippen molar-refractivity contribution < 1.29 is 13.2 Å². The Labute approximate surface area is 122 Å². The molecule has 2 aromatic rings. The van der Waals surface area contributed by atoms with Crippen LogP contribution >= 0.6 is 0 Å². The second kappa shape index (κ2) is 6.76. The molecule has 1 N–H and O–H groups in total. The molecule has 0 amide bonds. The van der Waals surface area contributed by atoms with E-state index in [-0.39, 0.29) is 17.9 Å². The molecule has 0 spiro atoms. The van der Waals surface area contributed by atoms with Crippen LogP contribution in [0.3, 0.4) is 0 Å². The van der Waals surface area contributed by atoms with Crippen molar-refractivity contribution in [3.63, 3.8) is 0 Å². The van der Waals surface area contributed by atoms with Crippen molar-refractivity contribution in [2.24, 2.45) is 0 Å². The molecule has 21 heavy (non-hydrogen) atoms. The zero-order valence-electron chi connectivity index (χ0n) is 12.0. The van der Waals surface area contributed by atoms with Crippen LogP contribution in [-0.2, 0) is 6.42 Å². The molecule has 0 saturated heterocycles. The first-order valence-corrected chi connectivity index (χ1v) is 6.91. The van der Waals surface area contributed by atoms with Crippen LogP contribution < -0.4 is 5.32 Å². The van der Waals surface area contributed by atoms with E-state index >= 15 is 0 Å². The summed E-state index contributed by atoms with van der Waals surface area (Å²) in [6.45, 7) is 3.71. The molecule has 0 saturated carbocycles. The quantitative estimate of drug-likeness (QED) is 0.862. The third-order valence-corrected chi connectivity index (χ3v) is 3.39. The summed E-state index contributed by atoms with van der Waals surface area (Å²) < 4.78 is 40.0. The molecule has 4 heteroatoms. The summed E-state index contributed by atoms with van der Waals surface area (Å²) in [5.41, 5.74) is 1.16. The van der Waals surface area contributed by atoms with Crippen LogP contribution in [0.25, 0.3) is 0 Å². The average Bonchev–Trinajstić information content (AvgIpc) is 2.41. The van der Waals surface area contributed by atoms with Gasteiger partial charge in [-0.05, 0) is 56.2 Å². The lowest BCUT2D eigenvalue weighted by atomic mass is 10.0. The molecule has 2 atom stereocenters. The second-order valence-corrected chi connectivity index (χ2v) is 5.29. The fraction of sp³-hybridized carbons (Fsp3) is 0.294. The zero-order chi connectivity index (χ0) is 15.4. The maximum Gasteiger partial charge on any atom is 0.128 e. The summed E-state index contributed by atoms with van der Waals surface area (Å²) in [5.74, 6) is -1.17. The Morgan fingerprint density at radius 1 is 0.952 bits per heavy atom. The third-order valence-electron chi connectivity index (χ3n) is 3.39. The molecule has 1 nitrogen and oxygen atoms in total. The van der Waals surface area contributed by atoms with Gasteiger partial charge in [0.05, 0.1) is 0 Å². The molecular formula is C17H18F3N. The van der Waals surface area contributed by atoms with Crippen LogP contribution in [0.5, 0.6) is 0 Å². The standard InChI is InChI=1S/C17H18F3N/c1-11(8-13-4-3-5-14(18)9-13)21-12(2)16-10-15(19)6-7-17(16)20/h3-7,9-12,21H,8H2,1-2H3. The SMILES string of the molecule is CC(Cc1cccc(F)c1)NC(C)c1cc(F)ccc1F. The highest BCUT2D eigenvalue weighted by Gasteiger charge is 2.14. The number of halogens is 3. The number of benzene rings is 2. The van der Waals surface area contributed by atoms with Crippen molar-refractivity contribution in [1.29, 1.82) is 0 Å². The summed E-state index contributed by atoms with van der Waals surface area (Å²) in [6, 6.07) is 9.47. The molecule has 0 fully saturated rings. The molecule has 0 radical (unpaired) electrons. The van der Waals surface area contributed by atoms with E-state index in [0.717, 1.165) is 17.7 Å². The van der Waals surface area contributed by atoms with Gasteiger partial charge < -0.3 is 5.32 Å². The summed E-state index contributed by atoms with van der Waals surface area (Å²) in [7, 11) is 0. The molecule has 0 aliphatic rings. The van der Waals surface area contributed by atoms with Crippen molar-refractivity contribution >= 4 is 0 Å². The van der Waals surface area contributed by atoms with E-state index < -0.39 is 11.6 Å². The fourth-order valence-electron chi connectivity index (χ4n) is 2.44. The Bertz CT molecular complexity index is 613. The van der Waals surface area contributed by atoms with E-state index in [2.05, 4.69) is 5.32 Å². The molecule has 0 bridgehead atoms. The van der Waals surface area contributed by atoms with E-state index in [9.17, 15) is 13.2 Å². The zero-order valence-corrected chi connectivity index (χ0v) is 12.0. The van der Waals surface area contributed by atoms with E-state index in [1.807, 2.05) is 13.0 Å². The number of hydrogen-bond acceptors (Lipinski definition) is 1. The summed E-state index contributed by atoms with van der Waals surface area (Å²) in [4.78, 5) is 0. The predicted molar refractivity (Wildman–Crippen MR) is 77.5 cm³/mol. The first-order valence-electron chi connectivity index (χ1n) is 6.91. The third kappa shape index (κ3) is 4.33. The summed E-state index contributed by atoms with van der Waals surface area (Å²) in [5, 5.41) is 3.20. The van der Waals surface area contributed by atoms with E-state index in [0.29, 0.717) is 12.0 Å². The molecule has 0 heterocycles. The van der Waals surface area contributed by atoms with Crippen molar-refractivity contribution in [1.82, 2.24) is 5.32 Å². The van der Waals surface area contributed by atoms with Gasteiger partial charge in [0.25, 0.3) is 0 Å². The minimum atomic E-state index is -0.460. The summed E-state index contributed by atoms with van der Waals surface area (Å²) >= 11 is 0. The van der Waals surface area contributed by atoms with Gasteiger partial charge in [0.1, 0.15) is 17.5 Å². The Morgan fingerprint density at radius 3 is 2.38 bits per heavy atom. The Balaban J connectivity index is 2.01. The van der Waals surface area contributed by atoms with Crippen LogP contribution in [0.15, 0.2) is 42.5 Å². The largest absolute Gasteiger partial charge is 0.307 e. The highest BCUT2D eigenvalue weighted by atomic mass is 19.1. The Hall–Kier alpha value is -1.81. The molecule has 2 unspecified atom stereocenters. The molecule has 0 aromatic heterocycles. The highest BCUT2D eigenvalue weighted by Crippen LogP contribution is 2.19. The van der Waals surface area contributed by atoms with Gasteiger partial charge in [-0.1, -0.05) is 12.1 Å². The Morgan fingerprint density at radius 2 is 1.67 bits per heavy atom. The molecule has 2 aromatic carbocycles. The van der Waals surface area contributed by atoms with Crippen LogP contribution in [0.1, 0.15) is 31.0 Å². The number of hydrogen-bond donors (Lipinski definition) is 1. The molecule has 2 rings (SSSR count). The van der Waals surface area contributed by atoms with Crippen LogP contribution in [-0.4, -0.2) is 6.04 Å². The van der Waals surface area contributed by atoms with Gasteiger partial charge in [-0.15, -0.1) is 0 Å². The Kier molecular flexibility index (Phi) is 5.02. The smallest absolute Gasteiger partial charge is 0.128 e. The minimum Gasteiger partial charge on any atom is -0.307 e. The highest BCUT2D eigenvalue weighted by molar-refractivity contribution is 5.22. The molecular weight excluding hydrogens is 275 g/mol. The number of rotatable bonds is 5. The first kappa shape index (κ1) is 15.6. The lowest BCUT2D eigenvalue weighted by Crippen LogP contribution is -2.31. The molecule has 0 aliphatic heterocycles. The average molecular weight is 293 g/mol. The topological polar surface area (TPSA) is 12.0 Å². The van der Waals surface area contributed by atoms with Gasteiger partial charge in [-0.2, -0.15) is 0 Å². The van der Waals surface area contributed by atoms with Gasteiger partial charge in [-0.3, -0.25) is 0 Å². The minimum absolute atomic E-state index is 0.00414. The maximum absolute atomic E-state index is 13.7.